The van der Waals surface area contributed by atoms with Gasteiger partial charge in [0, 0.05) is 24.7 Å². The van der Waals surface area contributed by atoms with E-state index in [0.717, 1.165) is 42.1 Å². The SMILES string of the molecule is CC[Si](CC)(CC)C(C(=O)NCc1ccccc1)[C@@H]1CCCN1S(=O)(=O)c1ccc(C)cc1. The molecule has 1 saturated heterocycles. The van der Waals surface area contributed by atoms with E-state index in [4.69, 9.17) is 0 Å². The Morgan fingerprint density at radius 2 is 1.64 bits per heavy atom. The van der Waals surface area contributed by atoms with Gasteiger partial charge >= 0.3 is 0 Å². The Hall–Kier alpha value is -1.96. The average molecular weight is 487 g/mol. The number of hydrogen-bond donors (Lipinski definition) is 1. The second-order valence-corrected chi connectivity index (χ2v) is 16.6. The van der Waals surface area contributed by atoms with Crippen molar-refractivity contribution < 1.29 is 13.2 Å². The molecule has 1 aliphatic heterocycles. The second kappa shape index (κ2) is 11.0. The fraction of sp³-hybridized carbons (Fsp3) is 0.500. The van der Waals surface area contributed by atoms with E-state index in [1.54, 1.807) is 16.4 Å². The van der Waals surface area contributed by atoms with E-state index in [9.17, 15) is 13.2 Å². The Morgan fingerprint density at radius 3 is 2.21 bits per heavy atom. The minimum Gasteiger partial charge on any atom is -0.352 e. The van der Waals surface area contributed by atoms with E-state index in [-0.39, 0.29) is 17.5 Å². The number of benzene rings is 2. The summed E-state index contributed by atoms with van der Waals surface area (Å²) in [5, 5.41) is 3.18. The van der Waals surface area contributed by atoms with Gasteiger partial charge in [0.15, 0.2) is 0 Å². The molecule has 1 N–H and O–H groups in total. The van der Waals surface area contributed by atoms with Crippen molar-refractivity contribution in [2.75, 3.05) is 6.54 Å². The van der Waals surface area contributed by atoms with Crippen LogP contribution in [-0.2, 0) is 21.4 Å². The lowest BCUT2D eigenvalue weighted by Crippen LogP contribution is -2.54. The Labute approximate surface area is 200 Å². The van der Waals surface area contributed by atoms with Crippen molar-refractivity contribution in [2.24, 2.45) is 0 Å². The van der Waals surface area contributed by atoms with Crippen LogP contribution in [0.5, 0.6) is 0 Å². The molecule has 0 radical (unpaired) electrons. The molecular weight excluding hydrogens is 448 g/mol. The number of nitrogens with one attached hydrogen (secondary N) is 1. The fourth-order valence-corrected chi connectivity index (χ4v) is 11.9. The molecular formula is C26H38N2O3SSi. The topological polar surface area (TPSA) is 66.5 Å². The molecule has 7 heteroatoms. The number of sulfonamides is 1. The Bertz CT molecular complexity index is 1010. The highest BCUT2D eigenvalue weighted by atomic mass is 32.2. The molecule has 5 nitrogen and oxygen atoms in total. The van der Waals surface area contributed by atoms with Crippen LogP contribution in [0.15, 0.2) is 59.5 Å². The van der Waals surface area contributed by atoms with E-state index in [2.05, 4.69) is 26.1 Å². The summed E-state index contributed by atoms with van der Waals surface area (Å²) >= 11 is 0. The van der Waals surface area contributed by atoms with Gasteiger partial charge in [-0.1, -0.05) is 86.9 Å². The van der Waals surface area contributed by atoms with Gasteiger partial charge in [0.25, 0.3) is 0 Å². The van der Waals surface area contributed by atoms with Crippen LogP contribution in [0.2, 0.25) is 23.7 Å². The van der Waals surface area contributed by atoms with Crippen LogP contribution in [-0.4, -0.2) is 39.3 Å². The Morgan fingerprint density at radius 1 is 1.03 bits per heavy atom. The van der Waals surface area contributed by atoms with Crippen molar-refractivity contribution in [3.05, 3.63) is 65.7 Å². The molecule has 33 heavy (non-hydrogen) atoms. The number of aryl methyl sites for hydroxylation is 1. The van der Waals surface area contributed by atoms with E-state index >= 15 is 0 Å². The van der Waals surface area contributed by atoms with Crippen LogP contribution in [0.4, 0.5) is 0 Å². The van der Waals surface area contributed by atoms with Gasteiger partial charge in [0.1, 0.15) is 0 Å². The number of carbonyl (C=O) groups is 1. The summed E-state index contributed by atoms with van der Waals surface area (Å²) in [6, 6.07) is 19.6. The first-order chi connectivity index (χ1) is 15.8. The van der Waals surface area contributed by atoms with Crippen molar-refractivity contribution >= 4 is 24.0 Å². The zero-order chi connectivity index (χ0) is 24.1. The summed E-state index contributed by atoms with van der Waals surface area (Å²) in [5.74, 6) is 0.0204. The molecule has 0 spiro atoms. The molecule has 2 atom stereocenters. The zero-order valence-electron chi connectivity index (χ0n) is 20.4. The number of carbonyl (C=O) groups excluding carboxylic acids is 1. The first kappa shape index (κ1) is 25.7. The van der Waals surface area contributed by atoms with E-state index in [0.29, 0.717) is 18.0 Å². The molecule has 1 unspecified atom stereocenters. The molecule has 0 saturated carbocycles. The Kier molecular flexibility index (Phi) is 8.53. The highest BCUT2D eigenvalue weighted by Crippen LogP contribution is 2.43. The molecule has 0 aliphatic carbocycles. The van der Waals surface area contributed by atoms with Crippen LogP contribution >= 0.6 is 0 Å². The predicted molar refractivity (Wildman–Crippen MR) is 137 cm³/mol. The first-order valence-corrected chi connectivity index (χ1v) is 16.3. The third-order valence-electron chi connectivity index (χ3n) is 7.62. The molecule has 0 aromatic heterocycles. The van der Waals surface area contributed by atoms with Crippen molar-refractivity contribution in [3.63, 3.8) is 0 Å². The first-order valence-electron chi connectivity index (χ1n) is 12.2. The maximum Gasteiger partial charge on any atom is 0.243 e. The molecule has 1 fully saturated rings. The summed E-state index contributed by atoms with van der Waals surface area (Å²) in [5.41, 5.74) is 1.82. The molecule has 180 valence electrons. The van der Waals surface area contributed by atoms with Crippen LogP contribution < -0.4 is 5.32 Å². The second-order valence-electron chi connectivity index (χ2n) is 9.24. The Balaban J connectivity index is 1.96. The van der Waals surface area contributed by atoms with Gasteiger partial charge < -0.3 is 5.32 Å². The van der Waals surface area contributed by atoms with Gasteiger partial charge in [-0.05, 0) is 37.5 Å². The lowest BCUT2D eigenvalue weighted by atomic mass is 10.1. The minimum absolute atomic E-state index is 0.0204. The number of rotatable bonds is 10. The van der Waals surface area contributed by atoms with E-state index in [1.807, 2.05) is 49.4 Å². The standard InChI is InChI=1S/C26H38N2O3SSi/c1-5-33(6-2,7-3)25(26(29)27-20-22-12-9-8-10-13-22)24-14-11-19-28(24)32(30,31)23-17-15-21(4)16-18-23/h8-10,12-13,15-18,24-25H,5-7,11,14,19-20H2,1-4H3,(H,27,29)/t24-,25?/m0/s1. The van der Waals surface area contributed by atoms with Crippen molar-refractivity contribution in [3.8, 4) is 0 Å². The largest absolute Gasteiger partial charge is 0.352 e. The molecule has 3 rings (SSSR count). The average Bonchev–Trinajstić information content (AvgIpc) is 3.32. The summed E-state index contributed by atoms with van der Waals surface area (Å²) < 4.78 is 29.0. The van der Waals surface area contributed by atoms with Gasteiger partial charge in [0.05, 0.1) is 13.0 Å². The van der Waals surface area contributed by atoms with Crippen LogP contribution in [0.1, 0.15) is 44.7 Å². The molecule has 1 amide bonds. The molecule has 2 aromatic rings. The van der Waals surface area contributed by atoms with Gasteiger partial charge in [-0.15, -0.1) is 0 Å². The lowest BCUT2D eigenvalue weighted by molar-refractivity contribution is -0.122. The monoisotopic (exact) mass is 486 g/mol. The van der Waals surface area contributed by atoms with E-state index < -0.39 is 18.1 Å². The quantitative estimate of drug-likeness (QED) is 0.461. The van der Waals surface area contributed by atoms with Gasteiger partial charge in [-0.25, -0.2) is 8.42 Å². The van der Waals surface area contributed by atoms with Crippen LogP contribution in [0.3, 0.4) is 0 Å². The zero-order valence-corrected chi connectivity index (χ0v) is 22.2. The number of amides is 1. The van der Waals surface area contributed by atoms with Gasteiger partial charge in [-0.2, -0.15) is 4.31 Å². The maximum atomic E-state index is 13.8. The predicted octanol–water partition coefficient (Wildman–Crippen LogP) is 5.34. The fourth-order valence-electron chi connectivity index (χ4n) is 5.41. The third-order valence-corrected chi connectivity index (χ3v) is 15.8. The van der Waals surface area contributed by atoms with E-state index in [1.165, 1.54) is 0 Å². The molecule has 0 bridgehead atoms. The highest BCUT2D eigenvalue weighted by Gasteiger charge is 2.51. The summed E-state index contributed by atoms with van der Waals surface area (Å²) in [4.78, 5) is 14.1. The van der Waals surface area contributed by atoms with Crippen LogP contribution in [0.25, 0.3) is 0 Å². The normalized spacial score (nSPS) is 18.2. The summed E-state index contributed by atoms with van der Waals surface area (Å²) in [6.07, 6.45) is 1.53. The van der Waals surface area contributed by atoms with Crippen molar-refractivity contribution in [1.82, 2.24) is 9.62 Å². The maximum absolute atomic E-state index is 13.8. The minimum atomic E-state index is -3.66. The molecule has 2 aromatic carbocycles. The van der Waals surface area contributed by atoms with Gasteiger partial charge in [-0.3, -0.25) is 4.79 Å². The lowest BCUT2D eigenvalue weighted by Gasteiger charge is -2.42. The highest BCUT2D eigenvalue weighted by molar-refractivity contribution is 7.89. The summed E-state index contributed by atoms with van der Waals surface area (Å²) in [7, 11) is -5.72. The van der Waals surface area contributed by atoms with Crippen molar-refractivity contribution in [2.45, 2.75) is 81.7 Å². The van der Waals surface area contributed by atoms with Crippen molar-refractivity contribution in [1.29, 1.82) is 0 Å². The van der Waals surface area contributed by atoms with Crippen LogP contribution in [0, 0.1) is 6.92 Å². The van der Waals surface area contributed by atoms with Gasteiger partial charge in [0.2, 0.25) is 15.9 Å². The molecule has 1 aliphatic rings. The number of hydrogen-bond acceptors (Lipinski definition) is 3. The summed E-state index contributed by atoms with van der Waals surface area (Å²) in [6.45, 7) is 9.45. The molecule has 1 heterocycles. The third kappa shape index (κ3) is 5.41. The number of nitrogens with zero attached hydrogens (tertiary/aromatic N) is 1. The smallest absolute Gasteiger partial charge is 0.243 e.